The molecule has 0 aromatic carbocycles. The van der Waals surface area contributed by atoms with Gasteiger partial charge in [-0.1, -0.05) is 267 Å². The highest BCUT2D eigenvalue weighted by Gasteiger charge is 2.23. The molecule has 0 bridgehead atoms. The first-order valence-corrected chi connectivity index (χ1v) is 31.1. The number of nitrogens with zero attached hydrogens (tertiary/aromatic N) is 1. The third kappa shape index (κ3) is 54.0. The fourth-order valence-electron chi connectivity index (χ4n) is 8.62. The molecule has 2 N–H and O–H groups in total. The normalized spacial score (nSPS) is 14.3. The summed E-state index contributed by atoms with van der Waals surface area (Å²) in [6.07, 6.45) is 70.1. The van der Waals surface area contributed by atoms with Gasteiger partial charge < -0.3 is 28.8 Å². The zero-order chi connectivity index (χ0) is 51.3. The molecular weight excluding hydrogens is 888 g/mol. The molecule has 0 aromatic heterocycles. The molecule has 70 heavy (non-hydrogen) atoms. The van der Waals surface area contributed by atoms with Gasteiger partial charge >= 0.3 is 0 Å². The number of hydrogen-bond acceptors (Lipinski definition) is 6. The number of rotatable bonds is 54. The molecule has 0 aliphatic heterocycles. The standard InChI is InChI=1S/C61H115N2O6P/c1-6-8-10-12-14-16-18-20-22-24-25-26-27-28-29-30-31-32-33-34-35-36-37-39-41-43-45-47-49-51-53-55-61(65)62-59(58-69-70(66,67)68-57-56-63(3,4)5)60(64)54-52-50-48-46-44-42-40-38-23-21-19-17-15-13-11-9-7-2/h8,10,14,16,20,22,25-26,52,54,59-60,64H,6-7,9,11-13,15,17-19,21,23-24,27-51,53,55-58H2,1-5H3,(H-,62,65,66,67)/b10-8-,16-14-,22-20-,26-25-,54-52+. The number of likely N-dealkylation sites (N-methyl/N-ethyl adjacent to an activating group) is 1. The van der Waals surface area contributed by atoms with Crippen LogP contribution in [0.25, 0.3) is 0 Å². The lowest BCUT2D eigenvalue weighted by Gasteiger charge is -2.29. The Balaban J connectivity index is 4.09. The zero-order valence-electron chi connectivity index (χ0n) is 46.7. The predicted molar refractivity (Wildman–Crippen MR) is 302 cm³/mol. The minimum absolute atomic E-state index is 0.000873. The summed E-state index contributed by atoms with van der Waals surface area (Å²) in [5.74, 6) is -0.195. The van der Waals surface area contributed by atoms with E-state index in [1.807, 2.05) is 27.2 Å². The highest BCUT2D eigenvalue weighted by Crippen LogP contribution is 2.38. The zero-order valence-corrected chi connectivity index (χ0v) is 47.6. The van der Waals surface area contributed by atoms with Crippen LogP contribution in [0.1, 0.15) is 271 Å². The summed E-state index contributed by atoms with van der Waals surface area (Å²) in [5, 5.41) is 13.9. The van der Waals surface area contributed by atoms with E-state index >= 15 is 0 Å². The highest BCUT2D eigenvalue weighted by molar-refractivity contribution is 7.45. The van der Waals surface area contributed by atoms with Crippen LogP contribution < -0.4 is 10.2 Å². The average Bonchev–Trinajstić information content (AvgIpc) is 3.32. The molecule has 0 saturated heterocycles. The third-order valence-electron chi connectivity index (χ3n) is 13.2. The minimum atomic E-state index is -4.60. The molecule has 0 aliphatic rings. The van der Waals surface area contributed by atoms with Crippen molar-refractivity contribution in [3.05, 3.63) is 60.8 Å². The van der Waals surface area contributed by atoms with E-state index < -0.39 is 20.0 Å². The van der Waals surface area contributed by atoms with Crippen LogP contribution >= 0.6 is 7.82 Å². The van der Waals surface area contributed by atoms with Crippen LogP contribution in [0.5, 0.6) is 0 Å². The van der Waals surface area contributed by atoms with Crippen molar-refractivity contribution in [2.45, 2.75) is 283 Å². The van der Waals surface area contributed by atoms with Crippen molar-refractivity contribution >= 4 is 13.7 Å². The van der Waals surface area contributed by atoms with Gasteiger partial charge in [-0.25, -0.2) is 0 Å². The molecule has 0 rings (SSSR count). The van der Waals surface area contributed by atoms with Gasteiger partial charge in [-0.05, 0) is 57.8 Å². The Bertz CT molecular complexity index is 1320. The lowest BCUT2D eigenvalue weighted by molar-refractivity contribution is -0.870. The first kappa shape index (κ1) is 68.2. The maximum Gasteiger partial charge on any atom is 0.268 e. The van der Waals surface area contributed by atoms with E-state index in [2.05, 4.69) is 67.8 Å². The van der Waals surface area contributed by atoms with E-state index in [4.69, 9.17) is 9.05 Å². The smallest absolute Gasteiger partial charge is 0.268 e. The number of quaternary nitrogens is 1. The Kier molecular flexibility index (Phi) is 50.7. The van der Waals surface area contributed by atoms with Gasteiger partial charge in [0.1, 0.15) is 13.2 Å². The van der Waals surface area contributed by atoms with Gasteiger partial charge in [-0.2, -0.15) is 0 Å². The molecule has 0 heterocycles. The third-order valence-corrected chi connectivity index (χ3v) is 14.2. The highest BCUT2D eigenvalue weighted by atomic mass is 31.2. The predicted octanol–water partition coefficient (Wildman–Crippen LogP) is 17.5. The summed E-state index contributed by atoms with van der Waals surface area (Å²) < 4.78 is 23.4. The number of aliphatic hydroxyl groups is 1. The van der Waals surface area contributed by atoms with E-state index in [0.29, 0.717) is 17.4 Å². The van der Waals surface area contributed by atoms with Crippen LogP contribution in [-0.2, 0) is 18.4 Å². The second-order valence-electron chi connectivity index (χ2n) is 21.3. The molecule has 0 aromatic rings. The molecule has 9 heteroatoms. The molecule has 0 fully saturated rings. The van der Waals surface area contributed by atoms with Crippen molar-refractivity contribution in [3.63, 3.8) is 0 Å². The summed E-state index contributed by atoms with van der Waals surface area (Å²) in [5.41, 5.74) is 0. The Morgan fingerprint density at radius 1 is 0.514 bits per heavy atom. The molecule has 3 atom stereocenters. The monoisotopic (exact) mass is 1000 g/mol. The van der Waals surface area contributed by atoms with Crippen molar-refractivity contribution in [2.24, 2.45) is 0 Å². The van der Waals surface area contributed by atoms with E-state index in [0.717, 1.165) is 64.2 Å². The number of carbonyl (C=O) groups is 1. The fraction of sp³-hybridized carbons (Fsp3) is 0.820. The van der Waals surface area contributed by atoms with Crippen molar-refractivity contribution < 1.29 is 32.9 Å². The van der Waals surface area contributed by atoms with E-state index in [1.54, 1.807) is 6.08 Å². The molecule has 410 valence electrons. The van der Waals surface area contributed by atoms with Gasteiger partial charge in [0.2, 0.25) is 5.91 Å². The fourth-order valence-corrected chi connectivity index (χ4v) is 9.34. The van der Waals surface area contributed by atoms with Gasteiger partial charge in [0, 0.05) is 6.42 Å². The number of amides is 1. The molecule has 8 nitrogen and oxygen atoms in total. The molecule has 1 amide bonds. The van der Waals surface area contributed by atoms with Gasteiger partial charge in [0.25, 0.3) is 7.82 Å². The first-order valence-electron chi connectivity index (χ1n) is 29.7. The molecular formula is C61H115N2O6P. The Hall–Kier alpha value is -1.80. The van der Waals surface area contributed by atoms with Gasteiger partial charge in [0.05, 0.1) is 39.9 Å². The van der Waals surface area contributed by atoms with E-state index in [9.17, 15) is 19.4 Å². The number of allylic oxidation sites excluding steroid dienone is 9. The SMILES string of the molecule is CC/C=C\C/C=C\C/C=C\C/C=C\CCCCCCCCCCCCCCCCCCCCC(=O)NC(COP(=O)([O-])OCC[N+](C)(C)C)C(O)/C=C/CCCCCCCCCCCCCCCCC. The second-order valence-corrected chi connectivity index (χ2v) is 22.7. The minimum Gasteiger partial charge on any atom is -0.756 e. The number of aliphatic hydroxyl groups excluding tert-OH is 1. The Morgan fingerprint density at radius 3 is 1.27 bits per heavy atom. The summed E-state index contributed by atoms with van der Waals surface area (Å²) in [7, 11) is 1.27. The van der Waals surface area contributed by atoms with E-state index in [-0.39, 0.29) is 19.1 Å². The number of hydrogen-bond donors (Lipinski definition) is 2. The Morgan fingerprint density at radius 2 is 0.871 bits per heavy atom. The number of nitrogens with one attached hydrogen (secondary N) is 1. The maximum absolute atomic E-state index is 13.0. The summed E-state index contributed by atoms with van der Waals surface area (Å²) >= 11 is 0. The average molecular weight is 1000 g/mol. The van der Waals surface area contributed by atoms with Crippen LogP contribution in [0.15, 0.2) is 60.8 Å². The number of carbonyl (C=O) groups excluding carboxylic acids is 1. The quantitative estimate of drug-likeness (QED) is 0.0272. The number of unbranched alkanes of at least 4 members (excludes halogenated alkanes) is 33. The maximum atomic E-state index is 13.0. The topological polar surface area (TPSA) is 108 Å². The van der Waals surface area contributed by atoms with Gasteiger partial charge in [-0.15, -0.1) is 0 Å². The van der Waals surface area contributed by atoms with Gasteiger partial charge in [0.15, 0.2) is 0 Å². The van der Waals surface area contributed by atoms with Crippen molar-refractivity contribution in [1.29, 1.82) is 0 Å². The van der Waals surface area contributed by atoms with Crippen LogP contribution in [0, 0.1) is 0 Å². The largest absolute Gasteiger partial charge is 0.756 e. The molecule has 3 unspecified atom stereocenters. The van der Waals surface area contributed by atoms with Crippen molar-refractivity contribution in [3.8, 4) is 0 Å². The van der Waals surface area contributed by atoms with Crippen molar-refractivity contribution in [2.75, 3.05) is 40.9 Å². The number of phosphoric acid groups is 1. The van der Waals surface area contributed by atoms with Crippen LogP contribution in [0.3, 0.4) is 0 Å². The number of phosphoric ester groups is 1. The summed E-state index contributed by atoms with van der Waals surface area (Å²) in [4.78, 5) is 25.5. The molecule has 0 saturated carbocycles. The summed E-state index contributed by atoms with van der Waals surface area (Å²) in [6, 6.07) is -0.887. The summed E-state index contributed by atoms with van der Waals surface area (Å²) in [6.45, 7) is 4.56. The molecule has 0 radical (unpaired) electrons. The second kappa shape index (κ2) is 52.1. The van der Waals surface area contributed by atoms with Crippen molar-refractivity contribution in [1.82, 2.24) is 5.32 Å². The first-order chi connectivity index (χ1) is 34.0. The molecule has 0 spiro atoms. The lowest BCUT2D eigenvalue weighted by Crippen LogP contribution is -2.45. The lowest BCUT2D eigenvalue weighted by atomic mass is 10.0. The Labute approximate surface area is 434 Å². The molecule has 0 aliphatic carbocycles. The van der Waals surface area contributed by atoms with Crippen LogP contribution in [-0.4, -0.2) is 68.5 Å². The van der Waals surface area contributed by atoms with E-state index in [1.165, 1.54) is 186 Å². The van der Waals surface area contributed by atoms with Gasteiger partial charge in [-0.3, -0.25) is 9.36 Å². The van der Waals surface area contributed by atoms with Crippen LogP contribution in [0.4, 0.5) is 0 Å². The van der Waals surface area contributed by atoms with Crippen LogP contribution in [0.2, 0.25) is 0 Å².